The molecule has 0 atom stereocenters. The molecular formula is C16H33NaO3. The molecule has 0 aliphatic carbocycles. The number of esters is 1. The second-order valence-corrected chi connectivity index (χ2v) is 5.27. The number of hydrogen-bond acceptors (Lipinski definition) is 3. The Bertz CT molecular complexity index is 204. The van der Waals surface area contributed by atoms with E-state index in [1.165, 1.54) is 64.2 Å². The fraction of sp³-hybridized carbons (Fsp3) is 0.938. The average Bonchev–Trinajstić information content (AvgIpc) is 2.43. The van der Waals surface area contributed by atoms with E-state index in [4.69, 9.17) is 9.84 Å². The van der Waals surface area contributed by atoms with E-state index in [-0.39, 0.29) is 31.0 Å². The number of unbranched alkanes of at least 4 members (excludes halogenated alkanes) is 11. The van der Waals surface area contributed by atoms with Gasteiger partial charge in [-0.05, 0) is 6.42 Å². The van der Waals surface area contributed by atoms with Crippen LogP contribution in [0.2, 0.25) is 0 Å². The Morgan fingerprint density at radius 1 is 0.850 bits per heavy atom. The Morgan fingerprint density at radius 2 is 1.25 bits per heavy atom. The molecule has 0 rings (SSSR count). The number of ether oxygens (including phenoxy) is 1. The number of hydrogen-bond donors (Lipinski definition) is 1. The second-order valence-electron chi connectivity index (χ2n) is 5.27. The number of carbonyl (C=O) groups excluding carboxylic acids is 1. The maximum Gasteiger partial charge on any atom is 1.00 e. The van der Waals surface area contributed by atoms with Gasteiger partial charge in [0.1, 0.15) is 6.61 Å². The molecule has 0 aromatic rings. The average molecular weight is 296 g/mol. The summed E-state index contributed by atoms with van der Waals surface area (Å²) in [4.78, 5) is 10.6. The predicted octanol–water partition coefficient (Wildman–Crippen LogP) is 1.34. The van der Waals surface area contributed by atoms with E-state index in [1.54, 1.807) is 0 Å². The first-order chi connectivity index (χ1) is 9.31. The Morgan fingerprint density at radius 3 is 1.65 bits per heavy atom. The van der Waals surface area contributed by atoms with E-state index in [0.29, 0.717) is 6.61 Å². The molecule has 0 saturated heterocycles. The molecule has 0 aromatic carbocycles. The normalized spacial score (nSPS) is 10.1. The molecule has 0 aromatic heterocycles. The number of carbonyl (C=O) groups is 1. The molecule has 20 heavy (non-hydrogen) atoms. The topological polar surface area (TPSA) is 46.5 Å². The molecule has 0 spiro atoms. The summed E-state index contributed by atoms with van der Waals surface area (Å²) in [6.07, 6.45) is 15.6. The van der Waals surface area contributed by atoms with Gasteiger partial charge in [0.2, 0.25) is 0 Å². The van der Waals surface area contributed by atoms with E-state index in [2.05, 4.69) is 6.92 Å². The van der Waals surface area contributed by atoms with Crippen LogP contribution < -0.4 is 29.6 Å². The molecule has 0 unspecified atom stereocenters. The van der Waals surface area contributed by atoms with Crippen LogP contribution in [-0.4, -0.2) is 24.3 Å². The van der Waals surface area contributed by atoms with E-state index in [0.717, 1.165) is 12.8 Å². The number of aliphatic hydroxyl groups is 1. The quantitative estimate of drug-likeness (QED) is 0.299. The summed E-state index contributed by atoms with van der Waals surface area (Å²) < 4.78 is 4.79. The van der Waals surface area contributed by atoms with Crippen molar-refractivity contribution in [3.05, 3.63) is 0 Å². The smallest absolute Gasteiger partial charge is 1.00 e. The molecule has 4 heteroatoms. The van der Waals surface area contributed by atoms with Crippen molar-refractivity contribution in [3.8, 4) is 0 Å². The van der Waals surface area contributed by atoms with Gasteiger partial charge in [-0.1, -0.05) is 77.6 Å². The molecule has 0 amide bonds. The molecule has 0 radical (unpaired) electrons. The van der Waals surface area contributed by atoms with Crippen LogP contribution in [0.3, 0.4) is 0 Å². The van der Waals surface area contributed by atoms with E-state index < -0.39 is 12.6 Å². The third-order valence-corrected chi connectivity index (χ3v) is 3.39. The Labute approximate surface area is 148 Å². The van der Waals surface area contributed by atoms with Crippen LogP contribution in [0.4, 0.5) is 0 Å². The second kappa shape index (κ2) is 19.4. The fourth-order valence-electron chi connectivity index (χ4n) is 2.17. The van der Waals surface area contributed by atoms with Crippen LogP contribution in [0, 0.1) is 0 Å². The minimum Gasteiger partial charge on any atom is -1.00 e. The van der Waals surface area contributed by atoms with Crippen LogP contribution in [0.25, 0.3) is 0 Å². The van der Waals surface area contributed by atoms with Crippen LogP contribution in [-0.2, 0) is 9.53 Å². The van der Waals surface area contributed by atoms with Crippen molar-refractivity contribution in [2.75, 3.05) is 13.2 Å². The third kappa shape index (κ3) is 18.4. The summed E-state index contributed by atoms with van der Waals surface area (Å²) in [6.45, 7) is 2.21. The molecule has 3 nitrogen and oxygen atoms in total. The van der Waals surface area contributed by atoms with Gasteiger partial charge >= 0.3 is 35.5 Å². The summed E-state index contributed by atoms with van der Waals surface area (Å²) in [5.74, 6) is -0.511. The Balaban J connectivity index is -0.00000162. The summed E-state index contributed by atoms with van der Waals surface area (Å²) in [5.41, 5.74) is 0. The SMILES string of the molecule is CCCCCCCCCCCCCCOC(=O)CO.[H-].[Na+]. The molecular weight excluding hydrogens is 263 g/mol. The fourth-order valence-corrected chi connectivity index (χ4v) is 2.17. The Hall–Kier alpha value is 0.430. The minimum absolute atomic E-state index is 0. The molecule has 0 aliphatic heterocycles. The summed E-state index contributed by atoms with van der Waals surface area (Å²) in [5, 5.41) is 8.45. The standard InChI is InChI=1S/C16H32O3.Na.H/c1-2-3-4-5-6-7-8-9-10-11-12-13-14-19-16(18)15-17;;/h17H,2-15H2,1H3;;/q;+1;-1. The number of rotatable bonds is 14. The largest absolute Gasteiger partial charge is 1.00 e. The molecule has 116 valence electrons. The van der Waals surface area contributed by atoms with Gasteiger partial charge in [-0.3, -0.25) is 0 Å². The van der Waals surface area contributed by atoms with Gasteiger partial charge in [-0.25, -0.2) is 4.79 Å². The zero-order valence-corrected chi connectivity index (χ0v) is 15.7. The first kappa shape index (κ1) is 22.7. The number of aliphatic hydroxyl groups excluding tert-OH is 1. The third-order valence-electron chi connectivity index (χ3n) is 3.39. The van der Waals surface area contributed by atoms with Crippen molar-refractivity contribution >= 4 is 5.97 Å². The van der Waals surface area contributed by atoms with Gasteiger partial charge in [-0.15, -0.1) is 0 Å². The molecule has 0 aliphatic rings. The maximum atomic E-state index is 10.6. The molecule has 0 fully saturated rings. The van der Waals surface area contributed by atoms with Gasteiger partial charge < -0.3 is 11.3 Å². The van der Waals surface area contributed by atoms with Gasteiger partial charge in [-0.2, -0.15) is 0 Å². The van der Waals surface area contributed by atoms with Gasteiger partial charge in [0.05, 0.1) is 6.61 Å². The Kier molecular flexibility index (Phi) is 22.1. The van der Waals surface area contributed by atoms with E-state index in [1.807, 2.05) is 0 Å². The van der Waals surface area contributed by atoms with Crippen molar-refractivity contribution < 1.29 is 45.6 Å². The summed E-state index contributed by atoms with van der Waals surface area (Å²) in [7, 11) is 0. The molecule has 0 heterocycles. The maximum absolute atomic E-state index is 10.6. The van der Waals surface area contributed by atoms with Gasteiger partial charge in [0.25, 0.3) is 0 Å². The molecule has 0 bridgehead atoms. The summed E-state index contributed by atoms with van der Waals surface area (Å²) >= 11 is 0. The summed E-state index contributed by atoms with van der Waals surface area (Å²) in [6, 6.07) is 0. The first-order valence-corrected chi connectivity index (χ1v) is 8.07. The monoisotopic (exact) mass is 296 g/mol. The van der Waals surface area contributed by atoms with Gasteiger partial charge in [0, 0.05) is 0 Å². The van der Waals surface area contributed by atoms with Crippen molar-refractivity contribution in [3.63, 3.8) is 0 Å². The van der Waals surface area contributed by atoms with Crippen LogP contribution >= 0.6 is 0 Å². The molecule has 0 saturated carbocycles. The van der Waals surface area contributed by atoms with Crippen LogP contribution in [0.5, 0.6) is 0 Å². The van der Waals surface area contributed by atoms with Crippen LogP contribution in [0.1, 0.15) is 85.4 Å². The van der Waals surface area contributed by atoms with Crippen molar-refractivity contribution in [1.82, 2.24) is 0 Å². The van der Waals surface area contributed by atoms with Crippen molar-refractivity contribution in [2.24, 2.45) is 0 Å². The first-order valence-electron chi connectivity index (χ1n) is 8.07. The van der Waals surface area contributed by atoms with Gasteiger partial charge in [0.15, 0.2) is 0 Å². The van der Waals surface area contributed by atoms with E-state index in [9.17, 15) is 4.79 Å². The zero-order valence-electron chi connectivity index (χ0n) is 14.7. The van der Waals surface area contributed by atoms with E-state index >= 15 is 0 Å². The van der Waals surface area contributed by atoms with Crippen molar-refractivity contribution in [1.29, 1.82) is 0 Å². The van der Waals surface area contributed by atoms with Crippen molar-refractivity contribution in [2.45, 2.75) is 84.0 Å². The van der Waals surface area contributed by atoms with Crippen LogP contribution in [0.15, 0.2) is 0 Å². The predicted molar refractivity (Wildman–Crippen MR) is 80.2 cm³/mol. The molecule has 1 N–H and O–H groups in total. The minimum atomic E-state index is -0.511. The zero-order chi connectivity index (χ0) is 14.2.